The summed E-state index contributed by atoms with van der Waals surface area (Å²) in [6.07, 6.45) is 2.70. The molecule has 140 valence electrons. The van der Waals surface area contributed by atoms with Crippen LogP contribution in [0.4, 0.5) is 5.69 Å². The van der Waals surface area contributed by atoms with Crippen LogP contribution in [0.15, 0.2) is 30.6 Å². The molecule has 0 atom stereocenters. The Balaban J connectivity index is 1.42. The third kappa shape index (κ3) is 3.61. The van der Waals surface area contributed by atoms with Gasteiger partial charge >= 0.3 is 0 Å². The number of hydrogen-bond acceptors (Lipinski definition) is 5. The molecule has 0 fully saturated rings. The lowest BCUT2D eigenvalue weighted by atomic mass is 10.1. The fourth-order valence-corrected chi connectivity index (χ4v) is 3.37. The number of fused-ring (bicyclic) bond motifs is 1. The largest absolute Gasteiger partial charge is 0.326 e. The smallest absolute Gasteiger partial charge is 0.224 e. The Kier molecular flexibility index (Phi) is 4.72. The van der Waals surface area contributed by atoms with Gasteiger partial charge in [0.2, 0.25) is 5.91 Å². The first-order chi connectivity index (χ1) is 13.1. The highest BCUT2D eigenvalue weighted by Crippen LogP contribution is 2.26. The van der Waals surface area contributed by atoms with Gasteiger partial charge in [0.15, 0.2) is 5.82 Å². The molecule has 0 bridgehead atoms. The van der Waals surface area contributed by atoms with E-state index in [0.717, 1.165) is 48.0 Å². The van der Waals surface area contributed by atoms with Crippen molar-refractivity contribution in [3.8, 4) is 11.4 Å². The number of carbonyl (C=O) groups is 1. The number of aryl methyl sites for hydroxylation is 2. The molecule has 0 spiro atoms. The molecule has 3 aromatic rings. The molecule has 1 amide bonds. The van der Waals surface area contributed by atoms with Gasteiger partial charge < -0.3 is 15.2 Å². The summed E-state index contributed by atoms with van der Waals surface area (Å²) in [4.78, 5) is 12.5. The van der Waals surface area contributed by atoms with E-state index < -0.39 is 0 Å². The summed E-state index contributed by atoms with van der Waals surface area (Å²) in [7, 11) is 1.90. The maximum atomic E-state index is 12.5. The molecule has 0 saturated heterocycles. The van der Waals surface area contributed by atoms with Crippen LogP contribution in [0, 0.1) is 6.92 Å². The van der Waals surface area contributed by atoms with E-state index in [4.69, 9.17) is 0 Å². The minimum Gasteiger partial charge on any atom is -0.326 e. The third-order valence-corrected chi connectivity index (χ3v) is 4.89. The number of hydrogen-bond donors (Lipinski definition) is 2. The summed E-state index contributed by atoms with van der Waals surface area (Å²) in [5.74, 6) is 0.762. The predicted octanol–water partition coefficient (Wildman–Crippen LogP) is 1.66. The topological polar surface area (TPSA) is 89.7 Å². The second-order valence-electron chi connectivity index (χ2n) is 6.82. The number of carbonyl (C=O) groups excluding carboxylic acids is 1. The van der Waals surface area contributed by atoms with Crippen molar-refractivity contribution >= 4 is 11.6 Å². The summed E-state index contributed by atoms with van der Waals surface area (Å²) in [6, 6.07) is 7.90. The van der Waals surface area contributed by atoms with E-state index in [1.807, 2.05) is 41.4 Å². The molecule has 0 saturated carbocycles. The maximum Gasteiger partial charge on any atom is 0.224 e. The Morgan fingerprint density at radius 1 is 1.37 bits per heavy atom. The van der Waals surface area contributed by atoms with Crippen molar-refractivity contribution < 1.29 is 4.79 Å². The van der Waals surface area contributed by atoms with Gasteiger partial charge in [-0.2, -0.15) is 5.10 Å². The van der Waals surface area contributed by atoms with Crippen molar-refractivity contribution in [2.45, 2.75) is 32.9 Å². The standard InChI is InChI=1S/C19H23N7O/c1-13-16(19-23-21-12-25(19)2)4-3-5-17(13)22-18(27)7-6-14-10-15-11-20-8-9-26(15)24-14/h3-5,10,12,20H,6-9,11H2,1-2H3,(H,22,27). The Bertz CT molecular complexity index is 949. The number of aromatic nitrogens is 5. The average Bonchev–Trinajstić information content (AvgIpc) is 3.27. The van der Waals surface area contributed by atoms with Crippen molar-refractivity contribution in [1.29, 1.82) is 0 Å². The van der Waals surface area contributed by atoms with Gasteiger partial charge in [-0.05, 0) is 24.6 Å². The van der Waals surface area contributed by atoms with Crippen LogP contribution in [0.2, 0.25) is 0 Å². The zero-order chi connectivity index (χ0) is 18.8. The second kappa shape index (κ2) is 7.32. The third-order valence-electron chi connectivity index (χ3n) is 4.89. The molecule has 3 heterocycles. The first-order valence-corrected chi connectivity index (χ1v) is 9.12. The van der Waals surface area contributed by atoms with E-state index in [0.29, 0.717) is 12.8 Å². The zero-order valence-electron chi connectivity index (χ0n) is 15.6. The molecule has 1 aliphatic rings. The molecular weight excluding hydrogens is 342 g/mol. The monoisotopic (exact) mass is 365 g/mol. The van der Waals surface area contributed by atoms with Crippen LogP contribution in [-0.2, 0) is 31.4 Å². The van der Waals surface area contributed by atoms with Crippen molar-refractivity contribution in [1.82, 2.24) is 29.9 Å². The summed E-state index contributed by atoms with van der Waals surface area (Å²) < 4.78 is 3.89. The highest BCUT2D eigenvalue weighted by atomic mass is 16.1. The summed E-state index contributed by atoms with van der Waals surface area (Å²) in [5, 5.41) is 19.0. The van der Waals surface area contributed by atoms with Crippen LogP contribution >= 0.6 is 0 Å². The molecule has 1 aliphatic heterocycles. The molecule has 4 rings (SSSR count). The Hall–Kier alpha value is -3.00. The zero-order valence-corrected chi connectivity index (χ0v) is 15.6. The van der Waals surface area contributed by atoms with Gasteiger partial charge in [-0.1, -0.05) is 12.1 Å². The van der Waals surface area contributed by atoms with E-state index in [-0.39, 0.29) is 5.91 Å². The van der Waals surface area contributed by atoms with Gasteiger partial charge in [0.1, 0.15) is 6.33 Å². The highest BCUT2D eigenvalue weighted by molar-refractivity contribution is 5.92. The normalized spacial score (nSPS) is 13.4. The van der Waals surface area contributed by atoms with Crippen LogP contribution in [0.5, 0.6) is 0 Å². The van der Waals surface area contributed by atoms with Crippen molar-refractivity contribution in [3.63, 3.8) is 0 Å². The molecule has 2 N–H and O–H groups in total. The first-order valence-electron chi connectivity index (χ1n) is 9.12. The summed E-state index contributed by atoms with van der Waals surface area (Å²) in [6.45, 7) is 4.65. The van der Waals surface area contributed by atoms with Gasteiger partial charge in [0, 0.05) is 44.2 Å². The predicted molar refractivity (Wildman–Crippen MR) is 102 cm³/mol. The van der Waals surface area contributed by atoms with Gasteiger partial charge in [-0.25, -0.2) is 0 Å². The van der Waals surface area contributed by atoms with Crippen LogP contribution in [0.25, 0.3) is 11.4 Å². The highest BCUT2D eigenvalue weighted by Gasteiger charge is 2.14. The molecule has 0 aliphatic carbocycles. The molecular formula is C19H23N7O. The van der Waals surface area contributed by atoms with Crippen molar-refractivity contribution in [3.05, 3.63) is 47.5 Å². The molecule has 8 nitrogen and oxygen atoms in total. The van der Waals surface area contributed by atoms with Gasteiger partial charge in [0.05, 0.1) is 17.9 Å². The Labute approximate surface area is 157 Å². The van der Waals surface area contributed by atoms with Crippen LogP contribution < -0.4 is 10.6 Å². The molecule has 27 heavy (non-hydrogen) atoms. The molecule has 2 aromatic heterocycles. The van der Waals surface area contributed by atoms with E-state index in [2.05, 4.69) is 32.0 Å². The van der Waals surface area contributed by atoms with Crippen LogP contribution in [0.3, 0.4) is 0 Å². The van der Waals surface area contributed by atoms with Gasteiger partial charge in [0.25, 0.3) is 0 Å². The molecule has 8 heteroatoms. The lowest BCUT2D eigenvalue weighted by Gasteiger charge is -2.13. The molecule has 0 unspecified atom stereocenters. The fourth-order valence-electron chi connectivity index (χ4n) is 3.37. The van der Waals surface area contributed by atoms with Crippen LogP contribution in [0.1, 0.15) is 23.4 Å². The first kappa shape index (κ1) is 17.4. The molecule has 0 radical (unpaired) electrons. The fraction of sp³-hybridized carbons (Fsp3) is 0.368. The van der Waals surface area contributed by atoms with E-state index in [1.54, 1.807) is 6.33 Å². The number of nitrogens with zero attached hydrogens (tertiary/aromatic N) is 5. The minimum atomic E-state index is -0.0164. The molecule has 1 aromatic carbocycles. The SMILES string of the molecule is Cc1c(NC(=O)CCc2cc3n(n2)CCNC3)cccc1-c1nncn1C. The minimum absolute atomic E-state index is 0.0164. The average molecular weight is 365 g/mol. The lowest BCUT2D eigenvalue weighted by Crippen LogP contribution is -2.28. The number of nitrogens with one attached hydrogen (secondary N) is 2. The number of benzene rings is 1. The second-order valence-corrected chi connectivity index (χ2v) is 6.82. The number of anilines is 1. The Morgan fingerprint density at radius 3 is 3.04 bits per heavy atom. The summed E-state index contributed by atoms with van der Waals surface area (Å²) >= 11 is 0. The van der Waals surface area contributed by atoms with E-state index in [1.165, 1.54) is 5.69 Å². The quantitative estimate of drug-likeness (QED) is 0.718. The van der Waals surface area contributed by atoms with Gasteiger partial charge in [-0.3, -0.25) is 9.48 Å². The van der Waals surface area contributed by atoms with E-state index in [9.17, 15) is 4.79 Å². The van der Waals surface area contributed by atoms with Crippen molar-refractivity contribution in [2.75, 3.05) is 11.9 Å². The maximum absolute atomic E-state index is 12.5. The Morgan fingerprint density at radius 2 is 2.26 bits per heavy atom. The lowest BCUT2D eigenvalue weighted by molar-refractivity contribution is -0.116. The number of amides is 1. The van der Waals surface area contributed by atoms with Crippen LogP contribution in [-0.4, -0.2) is 37.0 Å². The summed E-state index contributed by atoms with van der Waals surface area (Å²) in [5.41, 5.74) is 4.89. The van der Waals surface area contributed by atoms with Gasteiger partial charge in [-0.15, -0.1) is 10.2 Å². The number of rotatable bonds is 5. The van der Waals surface area contributed by atoms with Crippen molar-refractivity contribution in [2.24, 2.45) is 7.05 Å². The van der Waals surface area contributed by atoms with E-state index >= 15 is 0 Å².